The van der Waals surface area contributed by atoms with E-state index >= 15 is 0 Å². The van der Waals surface area contributed by atoms with E-state index in [1.54, 1.807) is 12.0 Å². The van der Waals surface area contributed by atoms with E-state index in [-0.39, 0.29) is 19.3 Å². The number of carbonyl (C=O) groups excluding carboxylic acids is 2. The zero-order valence-electron chi connectivity index (χ0n) is 19.8. The van der Waals surface area contributed by atoms with Gasteiger partial charge in [-0.3, -0.25) is 4.90 Å². The third kappa shape index (κ3) is 6.32. The number of carbonyl (C=O) groups is 2. The molecule has 0 saturated carbocycles. The van der Waals surface area contributed by atoms with Crippen LogP contribution >= 0.6 is 0 Å². The van der Waals surface area contributed by atoms with E-state index < -0.39 is 18.2 Å². The van der Waals surface area contributed by atoms with Crippen molar-refractivity contribution in [2.45, 2.75) is 38.1 Å². The van der Waals surface area contributed by atoms with Crippen molar-refractivity contribution in [2.75, 3.05) is 13.7 Å². The summed E-state index contributed by atoms with van der Waals surface area (Å²) in [5, 5.41) is 2.98. The second-order valence-corrected chi connectivity index (χ2v) is 8.38. The van der Waals surface area contributed by atoms with Crippen LogP contribution in [0.5, 0.6) is 5.75 Å². The van der Waals surface area contributed by atoms with Crippen molar-refractivity contribution in [3.63, 3.8) is 0 Å². The van der Waals surface area contributed by atoms with Gasteiger partial charge in [0, 0.05) is 12.1 Å². The molecule has 0 bridgehead atoms. The number of likely N-dealkylation sites (tertiary alicyclic amines) is 1. The number of amides is 2. The average Bonchev–Trinajstić information content (AvgIpc) is 2.91. The Morgan fingerprint density at radius 1 is 0.857 bits per heavy atom. The van der Waals surface area contributed by atoms with Crippen LogP contribution in [0.4, 0.5) is 9.59 Å². The lowest BCUT2D eigenvalue weighted by Gasteiger charge is -2.41. The first kappa shape index (κ1) is 24.1. The lowest BCUT2D eigenvalue weighted by atomic mass is 9.90. The van der Waals surface area contributed by atoms with E-state index in [4.69, 9.17) is 14.2 Å². The second-order valence-electron chi connectivity index (χ2n) is 8.38. The van der Waals surface area contributed by atoms with Crippen LogP contribution in [-0.4, -0.2) is 36.8 Å². The van der Waals surface area contributed by atoms with E-state index in [1.165, 1.54) is 0 Å². The van der Waals surface area contributed by atoms with Crippen molar-refractivity contribution in [3.05, 3.63) is 102 Å². The molecule has 0 spiro atoms. The number of hydrogen-bond acceptors (Lipinski definition) is 5. The van der Waals surface area contributed by atoms with E-state index in [0.29, 0.717) is 18.7 Å². The molecule has 0 aliphatic carbocycles. The number of piperidine rings is 1. The first-order valence-electron chi connectivity index (χ1n) is 11.7. The van der Waals surface area contributed by atoms with Gasteiger partial charge in [-0.2, -0.15) is 0 Å². The Balaban J connectivity index is 1.51. The van der Waals surface area contributed by atoms with Gasteiger partial charge in [0.05, 0.1) is 19.2 Å². The summed E-state index contributed by atoms with van der Waals surface area (Å²) >= 11 is 0. The van der Waals surface area contributed by atoms with Crippen LogP contribution in [0.3, 0.4) is 0 Å². The average molecular weight is 475 g/mol. The summed E-state index contributed by atoms with van der Waals surface area (Å²) in [6, 6.07) is 25.8. The van der Waals surface area contributed by atoms with Gasteiger partial charge in [0.1, 0.15) is 19.0 Å². The molecule has 3 aromatic rings. The van der Waals surface area contributed by atoms with Crippen molar-refractivity contribution in [1.82, 2.24) is 10.2 Å². The molecule has 1 aliphatic rings. The van der Waals surface area contributed by atoms with Gasteiger partial charge < -0.3 is 19.5 Å². The molecule has 1 saturated heterocycles. The van der Waals surface area contributed by atoms with Gasteiger partial charge in [0.25, 0.3) is 0 Å². The maximum atomic E-state index is 13.2. The first-order valence-corrected chi connectivity index (χ1v) is 11.7. The summed E-state index contributed by atoms with van der Waals surface area (Å²) in [4.78, 5) is 27.6. The lowest BCUT2D eigenvalue weighted by molar-refractivity contribution is 0.0530. The van der Waals surface area contributed by atoms with Crippen molar-refractivity contribution in [1.29, 1.82) is 0 Å². The van der Waals surface area contributed by atoms with Crippen LogP contribution in [0.15, 0.2) is 84.9 Å². The molecule has 7 nitrogen and oxygen atoms in total. The van der Waals surface area contributed by atoms with Crippen LogP contribution in [-0.2, 0) is 22.7 Å². The number of nitrogens with zero attached hydrogens (tertiary/aromatic N) is 1. The van der Waals surface area contributed by atoms with Gasteiger partial charge in [-0.15, -0.1) is 0 Å². The normalized spacial score (nSPS) is 17.3. The Bertz CT molecular complexity index is 1110. The molecular weight excluding hydrogens is 444 g/mol. The molecule has 1 heterocycles. The molecule has 2 atom stereocenters. The largest absolute Gasteiger partial charge is 0.496 e. The van der Waals surface area contributed by atoms with E-state index in [9.17, 15) is 9.59 Å². The Morgan fingerprint density at radius 2 is 1.46 bits per heavy atom. The van der Waals surface area contributed by atoms with Crippen molar-refractivity contribution in [2.24, 2.45) is 0 Å². The van der Waals surface area contributed by atoms with E-state index in [2.05, 4.69) is 5.32 Å². The van der Waals surface area contributed by atoms with Gasteiger partial charge in [-0.1, -0.05) is 78.9 Å². The number of ether oxygens (including phenoxy) is 3. The second kappa shape index (κ2) is 11.9. The van der Waals surface area contributed by atoms with Crippen LogP contribution < -0.4 is 10.1 Å². The summed E-state index contributed by atoms with van der Waals surface area (Å²) in [5.74, 6) is 0.643. The zero-order chi connectivity index (χ0) is 24.5. The van der Waals surface area contributed by atoms with Gasteiger partial charge in [0.2, 0.25) is 0 Å². The Hall–Kier alpha value is -4.00. The molecule has 182 valence electrons. The highest BCUT2D eigenvalue weighted by Gasteiger charge is 2.39. The van der Waals surface area contributed by atoms with Crippen LogP contribution in [0, 0.1) is 0 Å². The lowest BCUT2D eigenvalue weighted by Crippen LogP contribution is -2.52. The Morgan fingerprint density at radius 3 is 2.11 bits per heavy atom. The molecule has 0 unspecified atom stereocenters. The SMILES string of the molecule is COc1ccccc1[C@H]1[C@@H](NC(=O)OCc2ccccc2)CCCN1C(=O)OCc1ccccc1. The highest BCUT2D eigenvalue weighted by Crippen LogP contribution is 2.37. The molecule has 1 aliphatic heterocycles. The van der Waals surface area contributed by atoms with Crippen molar-refractivity contribution < 1.29 is 23.8 Å². The number of benzene rings is 3. The molecule has 2 amide bonds. The third-order valence-corrected chi connectivity index (χ3v) is 6.04. The summed E-state index contributed by atoms with van der Waals surface area (Å²) in [5.41, 5.74) is 2.62. The fourth-order valence-electron chi connectivity index (χ4n) is 4.37. The van der Waals surface area contributed by atoms with Gasteiger partial charge in [-0.25, -0.2) is 9.59 Å². The maximum Gasteiger partial charge on any atom is 0.410 e. The van der Waals surface area contributed by atoms with Crippen LogP contribution in [0.25, 0.3) is 0 Å². The smallest absolute Gasteiger partial charge is 0.410 e. The van der Waals surface area contributed by atoms with Crippen molar-refractivity contribution >= 4 is 12.2 Å². The highest BCUT2D eigenvalue weighted by atomic mass is 16.6. The van der Waals surface area contributed by atoms with E-state index in [1.807, 2.05) is 84.9 Å². The first-order chi connectivity index (χ1) is 17.2. The molecule has 35 heavy (non-hydrogen) atoms. The van der Waals surface area contributed by atoms with Gasteiger partial charge >= 0.3 is 12.2 Å². The zero-order valence-corrected chi connectivity index (χ0v) is 19.8. The standard InChI is InChI=1S/C28H30N2O5/c1-33-25-17-9-8-15-23(25)26-24(29-27(31)34-19-21-11-4-2-5-12-21)16-10-18-30(26)28(32)35-20-22-13-6-3-7-14-22/h2-9,11-15,17,24,26H,10,16,18-20H2,1H3,(H,29,31)/t24-,26-/m0/s1. The summed E-state index contributed by atoms with van der Waals surface area (Å²) in [6.07, 6.45) is 0.439. The van der Waals surface area contributed by atoms with Gasteiger partial charge in [-0.05, 0) is 30.0 Å². The third-order valence-electron chi connectivity index (χ3n) is 6.04. The molecule has 1 fully saturated rings. The maximum absolute atomic E-state index is 13.2. The molecule has 1 N–H and O–H groups in total. The Labute approximate surface area is 205 Å². The fraction of sp³-hybridized carbons (Fsp3) is 0.286. The van der Waals surface area contributed by atoms with E-state index in [0.717, 1.165) is 23.1 Å². The predicted molar refractivity (Wildman–Crippen MR) is 132 cm³/mol. The fourth-order valence-corrected chi connectivity index (χ4v) is 4.37. The minimum Gasteiger partial charge on any atom is -0.496 e. The minimum absolute atomic E-state index is 0.168. The topological polar surface area (TPSA) is 77.1 Å². The quantitative estimate of drug-likeness (QED) is 0.492. The summed E-state index contributed by atoms with van der Waals surface area (Å²) in [6.45, 7) is 0.848. The number of para-hydroxylation sites is 1. The van der Waals surface area contributed by atoms with Crippen molar-refractivity contribution in [3.8, 4) is 5.75 Å². The molecule has 0 radical (unpaired) electrons. The summed E-state index contributed by atoms with van der Waals surface area (Å²) in [7, 11) is 1.59. The summed E-state index contributed by atoms with van der Waals surface area (Å²) < 4.78 is 16.7. The molecule has 0 aromatic heterocycles. The molecule has 3 aromatic carbocycles. The van der Waals surface area contributed by atoms with Gasteiger partial charge in [0.15, 0.2) is 0 Å². The number of rotatable bonds is 7. The number of methoxy groups -OCH3 is 1. The Kier molecular flexibility index (Phi) is 8.22. The number of alkyl carbamates (subject to hydrolysis) is 1. The molecule has 4 rings (SSSR count). The minimum atomic E-state index is -0.529. The predicted octanol–water partition coefficient (Wildman–Crippen LogP) is 5.46. The molecular formula is C28H30N2O5. The molecule has 7 heteroatoms. The van der Waals surface area contributed by atoms with Crippen LogP contribution in [0.2, 0.25) is 0 Å². The number of hydrogen-bond donors (Lipinski definition) is 1. The van der Waals surface area contributed by atoms with Crippen LogP contribution in [0.1, 0.15) is 35.6 Å². The number of nitrogens with one attached hydrogen (secondary N) is 1. The highest BCUT2D eigenvalue weighted by molar-refractivity contribution is 5.71. The monoisotopic (exact) mass is 474 g/mol.